The van der Waals surface area contributed by atoms with Crippen molar-refractivity contribution >= 4 is 28.4 Å². The lowest BCUT2D eigenvalue weighted by molar-refractivity contribution is 0.0755. The second-order valence-corrected chi connectivity index (χ2v) is 5.81. The van der Waals surface area contributed by atoms with Gasteiger partial charge in [-0.15, -0.1) is 0 Å². The first-order chi connectivity index (χ1) is 9.56. The molecule has 0 heterocycles. The van der Waals surface area contributed by atoms with E-state index in [2.05, 4.69) is 0 Å². The molecule has 106 valence electrons. The lowest BCUT2D eigenvalue weighted by atomic mass is 10.0. The van der Waals surface area contributed by atoms with Crippen molar-refractivity contribution in [2.75, 3.05) is 19.1 Å². The Labute approximate surface area is 123 Å². The van der Waals surface area contributed by atoms with Crippen LogP contribution in [-0.4, -0.2) is 41.0 Å². The maximum Gasteiger partial charge on any atom is 0.257 e. The minimum absolute atomic E-state index is 0.0660. The van der Waals surface area contributed by atoms with E-state index < -0.39 is 0 Å². The van der Waals surface area contributed by atoms with Crippen LogP contribution < -0.4 is 0 Å². The molecule has 0 aliphatic carbocycles. The van der Waals surface area contributed by atoms with Gasteiger partial charge in [0.15, 0.2) is 0 Å². The van der Waals surface area contributed by atoms with E-state index in [-0.39, 0.29) is 17.7 Å². The number of hydrogen-bond acceptors (Lipinski definition) is 3. The Hall–Kier alpha value is -1.68. The Morgan fingerprint density at radius 1 is 1.30 bits per heavy atom. The van der Waals surface area contributed by atoms with Gasteiger partial charge in [-0.05, 0) is 24.6 Å². The Kier molecular flexibility index (Phi) is 4.55. The normalized spacial score (nSPS) is 12.3. The zero-order chi connectivity index (χ0) is 14.7. The number of fused-ring (bicyclic) bond motifs is 1. The summed E-state index contributed by atoms with van der Waals surface area (Å²) in [6, 6.07) is 11.2. The predicted molar refractivity (Wildman–Crippen MR) is 85.6 cm³/mol. The molecule has 1 atom stereocenters. The quantitative estimate of drug-likeness (QED) is 0.938. The molecule has 1 N–H and O–H groups in total. The first kappa shape index (κ1) is 14.7. The zero-order valence-electron chi connectivity index (χ0n) is 12.0. The van der Waals surface area contributed by atoms with Gasteiger partial charge in [0.2, 0.25) is 0 Å². The van der Waals surface area contributed by atoms with Crippen LogP contribution in [0.25, 0.3) is 10.8 Å². The number of amides is 1. The van der Waals surface area contributed by atoms with Gasteiger partial charge < -0.3 is 10.0 Å². The van der Waals surface area contributed by atoms with Crippen molar-refractivity contribution in [2.24, 2.45) is 0 Å². The number of rotatable bonds is 4. The van der Waals surface area contributed by atoms with Gasteiger partial charge in [-0.3, -0.25) is 4.79 Å². The SMILES string of the molecule is CSCC(C)N(C)C(=O)c1ccc2ccccc2c1O. The van der Waals surface area contributed by atoms with Gasteiger partial charge in [-0.2, -0.15) is 11.8 Å². The number of aromatic hydroxyl groups is 1. The van der Waals surface area contributed by atoms with Crippen LogP contribution in [0.1, 0.15) is 17.3 Å². The highest BCUT2D eigenvalue weighted by molar-refractivity contribution is 7.98. The number of phenols is 1. The largest absolute Gasteiger partial charge is 0.506 e. The second-order valence-electron chi connectivity index (χ2n) is 4.90. The third-order valence-electron chi connectivity index (χ3n) is 3.52. The number of thioether (sulfide) groups is 1. The van der Waals surface area contributed by atoms with E-state index in [1.54, 1.807) is 29.8 Å². The third kappa shape index (κ3) is 2.75. The first-order valence-corrected chi connectivity index (χ1v) is 7.92. The van der Waals surface area contributed by atoms with Crippen LogP contribution in [0, 0.1) is 0 Å². The van der Waals surface area contributed by atoms with E-state index in [4.69, 9.17) is 0 Å². The third-order valence-corrected chi connectivity index (χ3v) is 4.34. The molecule has 0 saturated carbocycles. The first-order valence-electron chi connectivity index (χ1n) is 6.53. The summed E-state index contributed by atoms with van der Waals surface area (Å²) in [5.41, 5.74) is 0.360. The number of benzene rings is 2. The lowest BCUT2D eigenvalue weighted by Gasteiger charge is -2.25. The molecule has 0 bridgehead atoms. The van der Waals surface area contributed by atoms with Crippen LogP contribution >= 0.6 is 11.8 Å². The van der Waals surface area contributed by atoms with E-state index >= 15 is 0 Å². The lowest BCUT2D eigenvalue weighted by Crippen LogP contribution is -2.36. The van der Waals surface area contributed by atoms with Crippen LogP contribution in [0.4, 0.5) is 0 Å². The summed E-state index contributed by atoms with van der Waals surface area (Å²) in [6.45, 7) is 2.01. The molecule has 0 aliphatic rings. The van der Waals surface area contributed by atoms with Crippen LogP contribution in [0.3, 0.4) is 0 Å². The average molecular weight is 289 g/mol. The van der Waals surface area contributed by atoms with Gasteiger partial charge in [0.1, 0.15) is 5.75 Å². The molecule has 3 nitrogen and oxygen atoms in total. The molecule has 0 fully saturated rings. The second kappa shape index (κ2) is 6.18. The van der Waals surface area contributed by atoms with Crippen molar-refractivity contribution in [1.82, 2.24) is 4.90 Å². The van der Waals surface area contributed by atoms with E-state index in [9.17, 15) is 9.90 Å². The van der Waals surface area contributed by atoms with Crippen molar-refractivity contribution in [3.05, 3.63) is 42.0 Å². The highest BCUT2D eigenvalue weighted by atomic mass is 32.2. The molecular weight excluding hydrogens is 270 g/mol. The smallest absolute Gasteiger partial charge is 0.257 e. The summed E-state index contributed by atoms with van der Waals surface area (Å²) in [5, 5.41) is 12.0. The van der Waals surface area contributed by atoms with Crippen molar-refractivity contribution in [3.63, 3.8) is 0 Å². The molecule has 2 rings (SSSR count). The van der Waals surface area contributed by atoms with Gasteiger partial charge in [-0.1, -0.05) is 30.3 Å². The van der Waals surface area contributed by atoms with Crippen LogP contribution in [0.2, 0.25) is 0 Å². The van der Waals surface area contributed by atoms with Gasteiger partial charge in [0.05, 0.1) is 5.56 Å². The molecule has 0 radical (unpaired) electrons. The van der Waals surface area contributed by atoms with Crippen molar-refractivity contribution in [3.8, 4) is 5.75 Å². The highest BCUT2D eigenvalue weighted by Gasteiger charge is 2.20. The molecule has 0 spiro atoms. The van der Waals surface area contributed by atoms with Crippen LogP contribution in [-0.2, 0) is 0 Å². The predicted octanol–water partition coefficient (Wildman–Crippen LogP) is 3.37. The molecule has 0 aromatic heterocycles. The monoisotopic (exact) mass is 289 g/mol. The number of phenolic OH excluding ortho intramolecular Hbond substituents is 1. The van der Waals surface area contributed by atoms with Gasteiger partial charge >= 0.3 is 0 Å². The molecular formula is C16H19NO2S. The zero-order valence-corrected chi connectivity index (χ0v) is 12.8. The Morgan fingerprint density at radius 3 is 2.70 bits per heavy atom. The molecule has 2 aromatic rings. The fraction of sp³-hybridized carbons (Fsp3) is 0.312. The molecule has 1 unspecified atom stereocenters. The highest BCUT2D eigenvalue weighted by Crippen LogP contribution is 2.29. The Morgan fingerprint density at radius 2 is 2.00 bits per heavy atom. The van der Waals surface area contributed by atoms with Crippen molar-refractivity contribution in [1.29, 1.82) is 0 Å². The number of hydrogen-bond donors (Lipinski definition) is 1. The summed E-state index contributed by atoms with van der Waals surface area (Å²) in [5.74, 6) is 0.794. The fourth-order valence-corrected chi connectivity index (χ4v) is 2.88. The number of nitrogens with zero attached hydrogens (tertiary/aromatic N) is 1. The topological polar surface area (TPSA) is 40.5 Å². The average Bonchev–Trinajstić information content (AvgIpc) is 2.46. The van der Waals surface area contributed by atoms with Crippen LogP contribution in [0.5, 0.6) is 5.75 Å². The summed E-state index contributed by atoms with van der Waals surface area (Å²) >= 11 is 1.70. The van der Waals surface area contributed by atoms with Gasteiger partial charge in [-0.25, -0.2) is 0 Å². The Balaban J connectivity index is 2.37. The standard InChI is InChI=1S/C16H19NO2S/c1-11(10-20-3)17(2)16(19)14-9-8-12-6-4-5-7-13(12)15(14)18/h4-9,11,18H,10H2,1-3H3. The molecule has 0 saturated heterocycles. The van der Waals surface area contributed by atoms with Gasteiger partial charge in [0, 0.05) is 24.2 Å². The maximum atomic E-state index is 12.5. The molecule has 1 amide bonds. The van der Waals surface area contributed by atoms with Gasteiger partial charge in [0.25, 0.3) is 5.91 Å². The molecule has 4 heteroatoms. The Bertz CT molecular complexity index is 627. The molecule has 0 aliphatic heterocycles. The minimum atomic E-state index is -0.144. The van der Waals surface area contributed by atoms with E-state index in [1.165, 1.54) is 0 Å². The van der Waals surface area contributed by atoms with Crippen molar-refractivity contribution < 1.29 is 9.90 Å². The fourth-order valence-electron chi connectivity index (χ4n) is 2.17. The summed E-state index contributed by atoms with van der Waals surface area (Å²) in [4.78, 5) is 14.2. The van der Waals surface area contributed by atoms with Crippen LogP contribution in [0.15, 0.2) is 36.4 Å². The summed E-state index contributed by atoms with van der Waals surface area (Å²) < 4.78 is 0. The summed E-state index contributed by atoms with van der Waals surface area (Å²) in [7, 11) is 1.78. The molecule has 20 heavy (non-hydrogen) atoms. The minimum Gasteiger partial charge on any atom is -0.506 e. The van der Waals surface area contributed by atoms with E-state index in [1.807, 2.05) is 43.5 Å². The number of carbonyl (C=O) groups is 1. The number of carbonyl (C=O) groups excluding carboxylic acids is 1. The van der Waals surface area contributed by atoms with E-state index in [0.29, 0.717) is 10.9 Å². The maximum absolute atomic E-state index is 12.5. The summed E-state index contributed by atoms with van der Waals surface area (Å²) in [6.07, 6.45) is 2.02. The van der Waals surface area contributed by atoms with E-state index in [0.717, 1.165) is 11.1 Å². The van der Waals surface area contributed by atoms with Crippen molar-refractivity contribution in [2.45, 2.75) is 13.0 Å². The molecule has 2 aromatic carbocycles.